The third-order valence-corrected chi connectivity index (χ3v) is 3.75. The Hall–Kier alpha value is -0.870. The van der Waals surface area contributed by atoms with Crippen molar-refractivity contribution in [2.24, 2.45) is 5.41 Å². The molecule has 0 aromatic carbocycles. The van der Waals surface area contributed by atoms with Gasteiger partial charge in [-0.25, -0.2) is 0 Å². The Morgan fingerprint density at radius 2 is 2.12 bits per heavy atom. The predicted molar refractivity (Wildman–Crippen MR) is 62.4 cm³/mol. The van der Waals surface area contributed by atoms with Gasteiger partial charge in [0.15, 0.2) is 5.79 Å². The second-order valence-corrected chi connectivity index (χ2v) is 4.60. The fraction of sp³-hybridized carbons (Fsp3) is 0.769. The van der Waals surface area contributed by atoms with Crippen molar-refractivity contribution in [2.75, 3.05) is 19.8 Å². The van der Waals surface area contributed by atoms with E-state index in [0.29, 0.717) is 26.2 Å². The fourth-order valence-electron chi connectivity index (χ4n) is 3.04. The molecule has 96 valence electrons. The van der Waals surface area contributed by atoms with Crippen molar-refractivity contribution in [2.45, 2.75) is 38.4 Å². The maximum atomic E-state index is 12.3. The van der Waals surface area contributed by atoms with E-state index in [1.165, 1.54) is 0 Å². The third kappa shape index (κ3) is 1.79. The van der Waals surface area contributed by atoms with Crippen molar-refractivity contribution < 1.29 is 19.0 Å². The zero-order valence-electron chi connectivity index (χ0n) is 10.4. The summed E-state index contributed by atoms with van der Waals surface area (Å²) >= 11 is 0. The molecule has 0 N–H and O–H groups in total. The molecule has 1 saturated heterocycles. The van der Waals surface area contributed by atoms with Gasteiger partial charge in [-0.15, -0.1) is 6.58 Å². The number of carbonyl (C=O) groups is 1. The number of esters is 1. The summed E-state index contributed by atoms with van der Waals surface area (Å²) in [7, 11) is 0. The van der Waals surface area contributed by atoms with E-state index in [-0.39, 0.29) is 5.97 Å². The smallest absolute Gasteiger partial charge is 0.317 e. The first kappa shape index (κ1) is 12.6. The van der Waals surface area contributed by atoms with Gasteiger partial charge in [-0.05, 0) is 26.2 Å². The van der Waals surface area contributed by atoms with Gasteiger partial charge < -0.3 is 14.2 Å². The summed E-state index contributed by atoms with van der Waals surface area (Å²) in [6, 6.07) is 0. The molecule has 1 heterocycles. The molecule has 1 aliphatic heterocycles. The van der Waals surface area contributed by atoms with Gasteiger partial charge in [0.05, 0.1) is 19.8 Å². The molecule has 0 bridgehead atoms. The second-order valence-electron chi connectivity index (χ2n) is 4.60. The van der Waals surface area contributed by atoms with Gasteiger partial charge in [0.2, 0.25) is 0 Å². The van der Waals surface area contributed by atoms with E-state index in [9.17, 15) is 4.79 Å². The Balaban J connectivity index is 2.31. The van der Waals surface area contributed by atoms with Crippen LogP contribution in [0.15, 0.2) is 12.7 Å². The SMILES string of the molecule is C=CCC1(C(=O)OCC)CCCC12OCCO2. The normalized spacial score (nSPS) is 30.6. The Morgan fingerprint density at radius 1 is 1.41 bits per heavy atom. The van der Waals surface area contributed by atoms with E-state index in [1.54, 1.807) is 6.08 Å². The average Bonchev–Trinajstić information content (AvgIpc) is 2.91. The second kappa shape index (κ2) is 4.78. The fourth-order valence-corrected chi connectivity index (χ4v) is 3.04. The molecule has 2 rings (SSSR count). The molecule has 1 saturated carbocycles. The lowest BCUT2D eigenvalue weighted by Crippen LogP contribution is -2.50. The van der Waals surface area contributed by atoms with Crippen LogP contribution in [0.2, 0.25) is 0 Å². The number of hydrogen-bond acceptors (Lipinski definition) is 4. The number of allylic oxidation sites excluding steroid dienone is 1. The molecule has 4 heteroatoms. The van der Waals surface area contributed by atoms with Crippen LogP contribution in [0.3, 0.4) is 0 Å². The lowest BCUT2D eigenvalue weighted by molar-refractivity contribution is -0.231. The van der Waals surface area contributed by atoms with Crippen molar-refractivity contribution in [3.8, 4) is 0 Å². The highest BCUT2D eigenvalue weighted by molar-refractivity contribution is 5.79. The minimum absolute atomic E-state index is 0.209. The van der Waals surface area contributed by atoms with Crippen LogP contribution >= 0.6 is 0 Å². The van der Waals surface area contributed by atoms with Gasteiger partial charge in [0.1, 0.15) is 5.41 Å². The van der Waals surface area contributed by atoms with Gasteiger partial charge in [-0.1, -0.05) is 6.08 Å². The van der Waals surface area contributed by atoms with E-state index >= 15 is 0 Å². The molecule has 0 radical (unpaired) electrons. The maximum Gasteiger partial charge on any atom is 0.317 e. The topological polar surface area (TPSA) is 44.8 Å². The first-order valence-corrected chi connectivity index (χ1v) is 6.27. The van der Waals surface area contributed by atoms with Gasteiger partial charge >= 0.3 is 5.97 Å². The van der Waals surface area contributed by atoms with E-state index < -0.39 is 11.2 Å². The summed E-state index contributed by atoms with van der Waals surface area (Å²) in [6.07, 6.45) is 4.74. The maximum absolute atomic E-state index is 12.3. The molecule has 17 heavy (non-hydrogen) atoms. The minimum atomic E-state index is -0.770. The molecule has 2 fully saturated rings. The van der Waals surface area contributed by atoms with Crippen molar-refractivity contribution in [1.29, 1.82) is 0 Å². The van der Waals surface area contributed by atoms with Crippen LogP contribution in [0.5, 0.6) is 0 Å². The lowest BCUT2D eigenvalue weighted by Gasteiger charge is -2.38. The van der Waals surface area contributed by atoms with E-state index in [1.807, 2.05) is 6.92 Å². The molecule has 1 aliphatic carbocycles. The van der Waals surface area contributed by atoms with Gasteiger partial charge in [-0.3, -0.25) is 4.79 Å². The van der Waals surface area contributed by atoms with Gasteiger partial charge in [-0.2, -0.15) is 0 Å². The summed E-state index contributed by atoms with van der Waals surface area (Å²) in [4.78, 5) is 12.3. The molecule has 0 aromatic rings. The Morgan fingerprint density at radius 3 is 2.71 bits per heavy atom. The highest BCUT2D eigenvalue weighted by atomic mass is 16.7. The van der Waals surface area contributed by atoms with E-state index in [4.69, 9.17) is 14.2 Å². The molecule has 1 unspecified atom stereocenters. The molecule has 1 atom stereocenters. The molecule has 0 aromatic heterocycles. The van der Waals surface area contributed by atoms with E-state index in [0.717, 1.165) is 19.3 Å². The molecule has 4 nitrogen and oxygen atoms in total. The van der Waals surface area contributed by atoms with Crippen molar-refractivity contribution >= 4 is 5.97 Å². The summed E-state index contributed by atoms with van der Waals surface area (Å²) in [5.74, 6) is -0.979. The highest BCUT2D eigenvalue weighted by Gasteiger charge is 2.63. The zero-order valence-corrected chi connectivity index (χ0v) is 10.4. The Bertz CT molecular complexity index is 301. The van der Waals surface area contributed by atoms with E-state index in [2.05, 4.69) is 6.58 Å². The first-order valence-electron chi connectivity index (χ1n) is 6.27. The van der Waals surface area contributed by atoms with Gasteiger partial charge in [0, 0.05) is 6.42 Å². The predicted octanol–water partition coefficient (Wildman–Crippen LogP) is 2.04. The molecule has 1 spiro atoms. The number of rotatable bonds is 4. The van der Waals surface area contributed by atoms with Crippen molar-refractivity contribution in [1.82, 2.24) is 0 Å². The van der Waals surface area contributed by atoms with Crippen LogP contribution in [0.1, 0.15) is 32.6 Å². The molecule has 0 amide bonds. The number of carbonyl (C=O) groups excluding carboxylic acids is 1. The molecule has 2 aliphatic rings. The molecular weight excluding hydrogens is 220 g/mol. The van der Waals surface area contributed by atoms with Crippen LogP contribution in [0.4, 0.5) is 0 Å². The monoisotopic (exact) mass is 240 g/mol. The van der Waals surface area contributed by atoms with Crippen LogP contribution in [0, 0.1) is 5.41 Å². The minimum Gasteiger partial charge on any atom is -0.465 e. The Kier molecular flexibility index (Phi) is 3.54. The standard InChI is InChI=1S/C13H20O4/c1-3-6-12(11(14)15-4-2)7-5-8-13(12)16-9-10-17-13/h3H,1,4-10H2,2H3. The summed E-state index contributed by atoms with van der Waals surface area (Å²) in [6.45, 7) is 7.05. The van der Waals surface area contributed by atoms with Crippen molar-refractivity contribution in [3.05, 3.63) is 12.7 Å². The Labute approximate surface area is 102 Å². The number of hydrogen-bond donors (Lipinski definition) is 0. The van der Waals surface area contributed by atoms with Crippen LogP contribution in [-0.2, 0) is 19.0 Å². The summed E-state index contributed by atoms with van der Waals surface area (Å²) in [5, 5.41) is 0. The third-order valence-electron chi connectivity index (χ3n) is 3.75. The summed E-state index contributed by atoms with van der Waals surface area (Å²) < 4.78 is 16.8. The van der Waals surface area contributed by atoms with Gasteiger partial charge in [0.25, 0.3) is 0 Å². The summed E-state index contributed by atoms with van der Waals surface area (Å²) in [5.41, 5.74) is -0.693. The van der Waals surface area contributed by atoms with Crippen LogP contribution in [-0.4, -0.2) is 31.6 Å². The molecular formula is C13H20O4. The highest BCUT2D eigenvalue weighted by Crippen LogP contribution is 2.54. The van der Waals surface area contributed by atoms with Crippen LogP contribution in [0.25, 0.3) is 0 Å². The lowest BCUT2D eigenvalue weighted by atomic mass is 9.78. The largest absolute Gasteiger partial charge is 0.465 e. The van der Waals surface area contributed by atoms with Crippen molar-refractivity contribution in [3.63, 3.8) is 0 Å². The zero-order chi connectivity index (χ0) is 12.4. The quantitative estimate of drug-likeness (QED) is 0.557. The van der Waals surface area contributed by atoms with Crippen LogP contribution < -0.4 is 0 Å². The first-order chi connectivity index (χ1) is 8.21. The average molecular weight is 240 g/mol. The number of ether oxygens (including phenoxy) is 3.